The number of hydrogen-bond donors (Lipinski definition) is 1. The smallest absolute Gasteiger partial charge is 0.259 e. The molecular formula is C17H18N2O3. The zero-order chi connectivity index (χ0) is 15.7. The van der Waals surface area contributed by atoms with Crippen molar-refractivity contribution in [2.45, 2.75) is 26.7 Å². The number of nitrogens with one attached hydrogen (secondary N) is 1. The first kappa shape index (κ1) is 14.4. The first-order chi connectivity index (χ1) is 10.6. The first-order valence-electron chi connectivity index (χ1n) is 7.33. The Bertz CT molecular complexity index is 733. The normalized spacial score (nSPS) is 14.5. The Kier molecular flexibility index (Phi) is 3.71. The van der Waals surface area contributed by atoms with Crippen LogP contribution in [0.25, 0.3) is 0 Å². The van der Waals surface area contributed by atoms with Crippen LogP contribution < -0.4 is 10.2 Å². The Balaban J connectivity index is 1.79. The number of amides is 2. The van der Waals surface area contributed by atoms with Crippen LogP contribution in [-0.4, -0.2) is 18.4 Å². The van der Waals surface area contributed by atoms with Crippen LogP contribution in [-0.2, 0) is 4.79 Å². The lowest BCUT2D eigenvalue weighted by Gasteiger charge is -2.19. The molecule has 2 amide bonds. The molecule has 0 radical (unpaired) electrons. The summed E-state index contributed by atoms with van der Waals surface area (Å²) in [6.45, 7) is 4.46. The zero-order valence-electron chi connectivity index (χ0n) is 12.7. The van der Waals surface area contributed by atoms with Gasteiger partial charge >= 0.3 is 0 Å². The molecule has 1 aliphatic heterocycles. The van der Waals surface area contributed by atoms with Gasteiger partial charge in [0.1, 0.15) is 5.76 Å². The van der Waals surface area contributed by atoms with Crippen LogP contribution in [0.3, 0.4) is 0 Å². The van der Waals surface area contributed by atoms with Gasteiger partial charge in [0.15, 0.2) is 0 Å². The molecule has 1 N–H and O–H groups in total. The highest BCUT2D eigenvalue weighted by Crippen LogP contribution is 2.27. The lowest BCUT2D eigenvalue weighted by molar-refractivity contribution is -0.117. The van der Waals surface area contributed by atoms with E-state index in [4.69, 9.17) is 4.42 Å². The maximum absolute atomic E-state index is 12.2. The van der Waals surface area contributed by atoms with E-state index >= 15 is 0 Å². The summed E-state index contributed by atoms with van der Waals surface area (Å²) < 4.78 is 5.14. The summed E-state index contributed by atoms with van der Waals surface area (Å²) >= 11 is 0. The molecule has 1 saturated heterocycles. The molecule has 114 valence electrons. The number of furan rings is 1. The molecule has 0 bridgehead atoms. The topological polar surface area (TPSA) is 62.6 Å². The minimum absolute atomic E-state index is 0.161. The summed E-state index contributed by atoms with van der Waals surface area (Å²) in [5.74, 6) is 0.554. The van der Waals surface area contributed by atoms with E-state index in [1.54, 1.807) is 17.9 Å². The van der Waals surface area contributed by atoms with Gasteiger partial charge < -0.3 is 14.6 Å². The predicted molar refractivity (Wildman–Crippen MR) is 84.2 cm³/mol. The van der Waals surface area contributed by atoms with E-state index < -0.39 is 0 Å². The van der Waals surface area contributed by atoms with Gasteiger partial charge in [-0.15, -0.1) is 0 Å². The molecule has 0 aliphatic carbocycles. The number of hydrogen-bond acceptors (Lipinski definition) is 3. The minimum atomic E-state index is -0.198. The maximum atomic E-state index is 12.2. The first-order valence-corrected chi connectivity index (χ1v) is 7.33. The van der Waals surface area contributed by atoms with E-state index in [1.165, 1.54) is 6.26 Å². The maximum Gasteiger partial charge on any atom is 0.259 e. The Morgan fingerprint density at radius 2 is 2.09 bits per heavy atom. The van der Waals surface area contributed by atoms with Gasteiger partial charge in [-0.2, -0.15) is 0 Å². The number of nitrogens with zero attached hydrogens (tertiary/aromatic N) is 1. The van der Waals surface area contributed by atoms with Crippen molar-refractivity contribution in [1.29, 1.82) is 0 Å². The van der Waals surface area contributed by atoms with Crippen molar-refractivity contribution in [2.75, 3.05) is 16.8 Å². The fraction of sp³-hybridized carbons (Fsp3) is 0.294. The fourth-order valence-corrected chi connectivity index (χ4v) is 2.76. The molecule has 3 rings (SSSR count). The monoisotopic (exact) mass is 298 g/mol. The standard InChI is InChI=1S/C17H18N2O3/c1-11-10-13(18-17(21)14-7-9-22-12(14)2)5-6-15(11)19-8-3-4-16(19)20/h5-7,9-10H,3-4,8H2,1-2H3,(H,18,21). The molecular weight excluding hydrogens is 280 g/mol. The lowest BCUT2D eigenvalue weighted by Crippen LogP contribution is -2.24. The van der Waals surface area contributed by atoms with Crippen LogP contribution in [0.5, 0.6) is 0 Å². The van der Waals surface area contributed by atoms with Crippen molar-refractivity contribution < 1.29 is 14.0 Å². The lowest BCUT2D eigenvalue weighted by atomic mass is 10.1. The van der Waals surface area contributed by atoms with Crippen LogP contribution >= 0.6 is 0 Å². The van der Waals surface area contributed by atoms with E-state index in [0.717, 1.165) is 24.2 Å². The molecule has 1 aliphatic rings. The summed E-state index contributed by atoms with van der Waals surface area (Å²) in [7, 11) is 0. The van der Waals surface area contributed by atoms with Gasteiger partial charge in [0.25, 0.3) is 5.91 Å². The second-order valence-corrected chi connectivity index (χ2v) is 5.49. The van der Waals surface area contributed by atoms with Crippen LogP contribution in [0.15, 0.2) is 34.9 Å². The SMILES string of the molecule is Cc1cc(NC(=O)c2ccoc2C)ccc1N1CCCC1=O. The average molecular weight is 298 g/mol. The predicted octanol–water partition coefficient (Wildman–Crippen LogP) is 3.28. The van der Waals surface area contributed by atoms with Gasteiger partial charge in [-0.1, -0.05) is 0 Å². The van der Waals surface area contributed by atoms with E-state index in [1.807, 2.05) is 25.1 Å². The molecule has 0 saturated carbocycles. The molecule has 1 aromatic carbocycles. The fourth-order valence-electron chi connectivity index (χ4n) is 2.76. The highest BCUT2D eigenvalue weighted by atomic mass is 16.3. The number of aryl methyl sites for hydroxylation is 2. The van der Waals surface area contributed by atoms with E-state index in [9.17, 15) is 9.59 Å². The van der Waals surface area contributed by atoms with Crippen LogP contribution in [0.1, 0.15) is 34.5 Å². The number of rotatable bonds is 3. The minimum Gasteiger partial charge on any atom is -0.469 e. The second kappa shape index (κ2) is 5.67. The van der Waals surface area contributed by atoms with E-state index in [0.29, 0.717) is 23.4 Å². The van der Waals surface area contributed by atoms with E-state index in [2.05, 4.69) is 5.32 Å². The molecule has 2 aromatic rings. The number of benzene rings is 1. The van der Waals surface area contributed by atoms with E-state index in [-0.39, 0.29) is 11.8 Å². The van der Waals surface area contributed by atoms with Gasteiger partial charge in [-0.05, 0) is 50.1 Å². The van der Waals surface area contributed by atoms with Crippen molar-refractivity contribution in [2.24, 2.45) is 0 Å². The Hall–Kier alpha value is -2.56. The average Bonchev–Trinajstić information content (AvgIpc) is 3.08. The third-order valence-electron chi connectivity index (χ3n) is 3.92. The van der Waals surface area contributed by atoms with Crippen LogP contribution in [0.4, 0.5) is 11.4 Å². The van der Waals surface area contributed by atoms with Crippen molar-refractivity contribution in [3.8, 4) is 0 Å². The molecule has 0 unspecified atom stereocenters. The molecule has 1 aromatic heterocycles. The van der Waals surface area contributed by atoms with Gasteiger partial charge in [-0.25, -0.2) is 0 Å². The Morgan fingerprint density at radius 3 is 2.68 bits per heavy atom. The quantitative estimate of drug-likeness (QED) is 0.946. The third kappa shape index (κ3) is 2.62. The van der Waals surface area contributed by atoms with Crippen molar-refractivity contribution in [3.05, 3.63) is 47.4 Å². The van der Waals surface area contributed by atoms with Gasteiger partial charge in [0.2, 0.25) is 5.91 Å². The summed E-state index contributed by atoms with van der Waals surface area (Å²) in [4.78, 5) is 25.8. The number of carbonyl (C=O) groups is 2. The molecule has 0 atom stereocenters. The molecule has 5 nitrogen and oxygen atoms in total. The molecule has 0 spiro atoms. The summed E-state index contributed by atoms with van der Waals surface area (Å²) in [5, 5.41) is 2.85. The summed E-state index contributed by atoms with van der Waals surface area (Å²) in [6.07, 6.45) is 3.01. The largest absolute Gasteiger partial charge is 0.469 e. The highest BCUT2D eigenvalue weighted by Gasteiger charge is 2.23. The Morgan fingerprint density at radius 1 is 1.27 bits per heavy atom. The van der Waals surface area contributed by atoms with Crippen molar-refractivity contribution in [1.82, 2.24) is 0 Å². The highest BCUT2D eigenvalue weighted by molar-refractivity contribution is 6.05. The van der Waals surface area contributed by atoms with Crippen molar-refractivity contribution in [3.63, 3.8) is 0 Å². The number of anilines is 2. The molecule has 2 heterocycles. The van der Waals surface area contributed by atoms with Gasteiger partial charge in [0, 0.05) is 24.3 Å². The summed E-state index contributed by atoms with van der Waals surface area (Å²) in [5.41, 5.74) is 3.12. The Labute approximate surface area is 128 Å². The van der Waals surface area contributed by atoms with Gasteiger partial charge in [0.05, 0.1) is 11.8 Å². The second-order valence-electron chi connectivity index (χ2n) is 5.49. The number of carbonyl (C=O) groups excluding carboxylic acids is 2. The molecule has 22 heavy (non-hydrogen) atoms. The van der Waals surface area contributed by atoms with Gasteiger partial charge in [-0.3, -0.25) is 9.59 Å². The summed E-state index contributed by atoms with van der Waals surface area (Å²) in [6, 6.07) is 7.24. The van der Waals surface area contributed by atoms with Crippen molar-refractivity contribution >= 4 is 23.2 Å². The molecule has 5 heteroatoms. The zero-order valence-corrected chi connectivity index (χ0v) is 12.7. The molecule has 1 fully saturated rings. The van der Waals surface area contributed by atoms with Crippen LogP contribution in [0.2, 0.25) is 0 Å². The van der Waals surface area contributed by atoms with Crippen LogP contribution in [0, 0.1) is 13.8 Å². The third-order valence-corrected chi connectivity index (χ3v) is 3.92.